The van der Waals surface area contributed by atoms with Crippen molar-refractivity contribution in [2.45, 2.75) is 45.1 Å². The Morgan fingerprint density at radius 2 is 1.79 bits per heavy atom. The molecule has 1 aromatic carbocycles. The maximum atomic E-state index is 10.9. The fourth-order valence-corrected chi connectivity index (χ4v) is 1.50. The van der Waals surface area contributed by atoms with Gasteiger partial charge in [0.2, 0.25) is 0 Å². The number of carbonyl (C=O) groups is 1. The number of nitrogens with two attached hydrogens (primary N) is 1. The minimum absolute atomic E-state index is 0.0567. The maximum absolute atomic E-state index is 10.9. The Morgan fingerprint density at radius 3 is 2.21 bits per heavy atom. The lowest BCUT2D eigenvalue weighted by molar-refractivity contribution is -0.143. The molecule has 0 saturated heterocycles. The van der Waals surface area contributed by atoms with Gasteiger partial charge in [0.1, 0.15) is 17.9 Å². The minimum Gasteiger partial charge on any atom is -0.491 e. The molecule has 1 atom stereocenters. The van der Waals surface area contributed by atoms with Gasteiger partial charge >= 0.3 is 5.97 Å². The standard InChI is InChI=1S/C15H23NO3/c1-5-14(2,3)11-6-8-12(9-7-11)19-10-15(4,16)13(17)18/h6-9H,5,10,16H2,1-4H3,(H,17,18). The third-order valence-corrected chi connectivity index (χ3v) is 3.55. The lowest BCUT2D eigenvalue weighted by Crippen LogP contribution is -2.49. The van der Waals surface area contributed by atoms with E-state index in [1.807, 2.05) is 24.3 Å². The number of aliphatic carboxylic acids is 1. The predicted molar refractivity (Wildman–Crippen MR) is 75.5 cm³/mol. The van der Waals surface area contributed by atoms with Gasteiger partial charge in [-0.3, -0.25) is 4.79 Å². The van der Waals surface area contributed by atoms with Gasteiger partial charge in [0.15, 0.2) is 0 Å². The first-order valence-corrected chi connectivity index (χ1v) is 6.44. The first-order chi connectivity index (χ1) is 8.69. The fraction of sp³-hybridized carbons (Fsp3) is 0.533. The third kappa shape index (κ3) is 3.96. The molecule has 0 bridgehead atoms. The zero-order chi connectivity index (χ0) is 14.7. The van der Waals surface area contributed by atoms with E-state index in [4.69, 9.17) is 15.6 Å². The third-order valence-electron chi connectivity index (χ3n) is 3.55. The molecule has 0 saturated carbocycles. The summed E-state index contributed by atoms with van der Waals surface area (Å²) in [7, 11) is 0. The van der Waals surface area contributed by atoms with E-state index in [0.717, 1.165) is 6.42 Å². The van der Waals surface area contributed by atoms with Gasteiger partial charge in [-0.15, -0.1) is 0 Å². The summed E-state index contributed by atoms with van der Waals surface area (Å²) in [5.41, 5.74) is 5.59. The van der Waals surface area contributed by atoms with Crippen molar-refractivity contribution >= 4 is 5.97 Å². The first kappa shape index (κ1) is 15.5. The number of carboxylic acid groups (broad SMARTS) is 1. The average molecular weight is 265 g/mol. The van der Waals surface area contributed by atoms with E-state index in [1.165, 1.54) is 12.5 Å². The van der Waals surface area contributed by atoms with Crippen LogP contribution in [-0.4, -0.2) is 23.2 Å². The summed E-state index contributed by atoms with van der Waals surface area (Å²) < 4.78 is 5.43. The maximum Gasteiger partial charge on any atom is 0.326 e. The average Bonchev–Trinajstić information content (AvgIpc) is 2.37. The molecule has 0 heterocycles. The normalized spacial score (nSPS) is 14.8. The van der Waals surface area contributed by atoms with Crippen LogP contribution in [0.15, 0.2) is 24.3 Å². The lowest BCUT2D eigenvalue weighted by Gasteiger charge is -2.24. The summed E-state index contributed by atoms with van der Waals surface area (Å²) in [6, 6.07) is 7.72. The van der Waals surface area contributed by atoms with Crippen molar-refractivity contribution in [3.8, 4) is 5.75 Å². The second-order valence-corrected chi connectivity index (χ2v) is 5.77. The Hall–Kier alpha value is -1.55. The van der Waals surface area contributed by atoms with Crippen molar-refractivity contribution in [3.05, 3.63) is 29.8 Å². The topological polar surface area (TPSA) is 72.5 Å². The first-order valence-electron chi connectivity index (χ1n) is 6.44. The van der Waals surface area contributed by atoms with E-state index in [-0.39, 0.29) is 12.0 Å². The summed E-state index contributed by atoms with van der Waals surface area (Å²) in [5.74, 6) is -0.440. The van der Waals surface area contributed by atoms with E-state index in [1.54, 1.807) is 0 Å². The Morgan fingerprint density at radius 1 is 1.26 bits per heavy atom. The SMILES string of the molecule is CCC(C)(C)c1ccc(OCC(C)(N)C(=O)O)cc1. The van der Waals surface area contributed by atoms with Crippen LogP contribution in [0.1, 0.15) is 39.7 Å². The van der Waals surface area contributed by atoms with Gasteiger partial charge in [-0.2, -0.15) is 0 Å². The molecule has 1 aromatic rings. The van der Waals surface area contributed by atoms with Crippen LogP contribution in [-0.2, 0) is 10.2 Å². The summed E-state index contributed by atoms with van der Waals surface area (Å²) in [6.45, 7) is 7.90. The molecule has 0 spiro atoms. The Balaban J connectivity index is 2.71. The van der Waals surface area contributed by atoms with Crippen LogP contribution in [0.4, 0.5) is 0 Å². The highest BCUT2D eigenvalue weighted by atomic mass is 16.5. The predicted octanol–water partition coefficient (Wildman–Crippen LogP) is 2.56. The summed E-state index contributed by atoms with van der Waals surface area (Å²) in [6.07, 6.45) is 1.05. The molecular formula is C15H23NO3. The molecule has 19 heavy (non-hydrogen) atoms. The highest BCUT2D eigenvalue weighted by molar-refractivity contribution is 5.78. The highest BCUT2D eigenvalue weighted by Crippen LogP contribution is 2.28. The van der Waals surface area contributed by atoms with Crippen molar-refractivity contribution in [1.82, 2.24) is 0 Å². The van der Waals surface area contributed by atoms with Gasteiger partial charge < -0.3 is 15.6 Å². The number of ether oxygens (including phenoxy) is 1. The van der Waals surface area contributed by atoms with Crippen molar-refractivity contribution < 1.29 is 14.6 Å². The Labute approximate surface area is 114 Å². The molecule has 0 amide bonds. The van der Waals surface area contributed by atoms with Gasteiger partial charge in [-0.1, -0.05) is 32.9 Å². The summed E-state index contributed by atoms with van der Waals surface area (Å²) >= 11 is 0. The van der Waals surface area contributed by atoms with Crippen LogP contribution < -0.4 is 10.5 Å². The number of rotatable bonds is 6. The van der Waals surface area contributed by atoms with Crippen LogP contribution in [0.2, 0.25) is 0 Å². The smallest absolute Gasteiger partial charge is 0.326 e. The molecule has 1 rings (SSSR count). The molecule has 1 unspecified atom stereocenters. The molecular weight excluding hydrogens is 242 g/mol. The van der Waals surface area contributed by atoms with Gasteiger partial charge in [0.25, 0.3) is 0 Å². The van der Waals surface area contributed by atoms with E-state index >= 15 is 0 Å². The molecule has 4 nitrogen and oxygen atoms in total. The molecule has 4 heteroatoms. The van der Waals surface area contributed by atoms with Gasteiger partial charge in [0.05, 0.1) is 0 Å². The molecule has 0 aliphatic rings. The number of carboxylic acids is 1. The quantitative estimate of drug-likeness (QED) is 0.829. The number of hydrogen-bond acceptors (Lipinski definition) is 3. The molecule has 106 valence electrons. The fourth-order valence-electron chi connectivity index (χ4n) is 1.50. The van der Waals surface area contributed by atoms with E-state index in [9.17, 15) is 4.79 Å². The molecule has 3 N–H and O–H groups in total. The van der Waals surface area contributed by atoms with Crippen molar-refractivity contribution in [1.29, 1.82) is 0 Å². The lowest BCUT2D eigenvalue weighted by atomic mass is 9.82. The van der Waals surface area contributed by atoms with Crippen LogP contribution >= 0.6 is 0 Å². The molecule has 0 aromatic heterocycles. The number of benzene rings is 1. The number of hydrogen-bond donors (Lipinski definition) is 2. The molecule has 0 aliphatic carbocycles. The van der Waals surface area contributed by atoms with E-state index in [2.05, 4.69) is 20.8 Å². The van der Waals surface area contributed by atoms with Crippen LogP contribution in [0.3, 0.4) is 0 Å². The van der Waals surface area contributed by atoms with Gasteiger partial charge in [-0.05, 0) is 36.5 Å². The van der Waals surface area contributed by atoms with Crippen LogP contribution in [0.25, 0.3) is 0 Å². The largest absolute Gasteiger partial charge is 0.491 e. The molecule has 0 radical (unpaired) electrons. The van der Waals surface area contributed by atoms with Crippen LogP contribution in [0.5, 0.6) is 5.75 Å². The molecule has 0 fully saturated rings. The second kappa shape index (κ2) is 5.61. The van der Waals surface area contributed by atoms with Crippen molar-refractivity contribution in [2.24, 2.45) is 5.73 Å². The summed E-state index contributed by atoms with van der Waals surface area (Å²) in [5, 5.41) is 8.90. The van der Waals surface area contributed by atoms with Crippen molar-refractivity contribution in [2.75, 3.05) is 6.61 Å². The zero-order valence-electron chi connectivity index (χ0n) is 12.1. The van der Waals surface area contributed by atoms with E-state index < -0.39 is 11.5 Å². The Bertz CT molecular complexity index is 435. The second-order valence-electron chi connectivity index (χ2n) is 5.77. The van der Waals surface area contributed by atoms with Gasteiger partial charge in [-0.25, -0.2) is 0 Å². The van der Waals surface area contributed by atoms with E-state index in [0.29, 0.717) is 5.75 Å². The zero-order valence-corrected chi connectivity index (χ0v) is 12.1. The van der Waals surface area contributed by atoms with Crippen molar-refractivity contribution in [3.63, 3.8) is 0 Å². The van der Waals surface area contributed by atoms with Crippen LogP contribution in [0, 0.1) is 0 Å². The summed E-state index contributed by atoms with van der Waals surface area (Å²) in [4.78, 5) is 10.9. The monoisotopic (exact) mass is 265 g/mol. The Kier molecular flexibility index (Phi) is 4.58. The highest BCUT2D eigenvalue weighted by Gasteiger charge is 2.29. The van der Waals surface area contributed by atoms with Gasteiger partial charge in [0, 0.05) is 0 Å². The minimum atomic E-state index is -1.37. The molecule has 0 aliphatic heterocycles.